The van der Waals surface area contributed by atoms with Gasteiger partial charge in [-0.25, -0.2) is 4.98 Å². The number of hydrogen-bond acceptors (Lipinski definition) is 5. The molecule has 4 rings (SSSR count). The normalized spacial score (nSPS) is 11.5. The summed E-state index contributed by atoms with van der Waals surface area (Å²) < 4.78 is 12.3. The summed E-state index contributed by atoms with van der Waals surface area (Å²) in [6.07, 6.45) is 1.68. The Bertz CT molecular complexity index is 1450. The second kappa shape index (κ2) is 9.51. The molecule has 6 nitrogen and oxygen atoms in total. The maximum absolute atomic E-state index is 13.5. The van der Waals surface area contributed by atoms with Crippen LogP contribution in [0.25, 0.3) is 22.3 Å². The van der Waals surface area contributed by atoms with Crippen molar-refractivity contribution in [1.29, 1.82) is 0 Å². The van der Waals surface area contributed by atoms with E-state index in [-0.39, 0.29) is 11.5 Å². The highest BCUT2D eigenvalue weighted by Crippen LogP contribution is 2.34. The highest BCUT2D eigenvalue weighted by molar-refractivity contribution is 5.83. The summed E-state index contributed by atoms with van der Waals surface area (Å²) in [7, 11) is 3.32. The van der Waals surface area contributed by atoms with Crippen molar-refractivity contribution in [2.45, 2.75) is 33.6 Å². The van der Waals surface area contributed by atoms with Crippen LogP contribution in [0.4, 0.5) is 0 Å². The molecule has 0 atom stereocenters. The van der Waals surface area contributed by atoms with E-state index in [1.165, 1.54) is 4.68 Å². The molecule has 174 valence electrons. The topological polar surface area (TPSA) is 65.7 Å². The average molecular weight is 456 g/mol. The second-order valence-electron chi connectivity index (χ2n) is 8.61. The molecule has 3 aromatic carbocycles. The van der Waals surface area contributed by atoms with Crippen molar-refractivity contribution in [1.82, 2.24) is 9.66 Å². The van der Waals surface area contributed by atoms with E-state index in [0.717, 1.165) is 39.3 Å². The first kappa shape index (κ1) is 23.2. The zero-order valence-corrected chi connectivity index (χ0v) is 20.4. The maximum Gasteiger partial charge on any atom is 0.282 e. The van der Waals surface area contributed by atoms with Crippen molar-refractivity contribution in [3.05, 3.63) is 87.2 Å². The minimum atomic E-state index is -0.219. The Balaban J connectivity index is 1.96. The molecular formula is C28H29N3O3. The molecule has 4 aromatic rings. The lowest BCUT2D eigenvalue weighted by Crippen LogP contribution is -2.20. The number of rotatable bonds is 6. The van der Waals surface area contributed by atoms with E-state index in [9.17, 15) is 4.79 Å². The van der Waals surface area contributed by atoms with Gasteiger partial charge in [0.2, 0.25) is 0 Å². The Labute approximate surface area is 199 Å². The SMILES string of the molecule is COc1ccc(C=Nn2c(-c3cc(C(C)C)c(OC)cc3C)nc3ccccc3c2=O)cc1C. The van der Waals surface area contributed by atoms with Crippen LogP contribution < -0.4 is 15.0 Å². The number of fused-ring (bicyclic) bond motifs is 1. The highest BCUT2D eigenvalue weighted by atomic mass is 16.5. The number of aryl methyl sites for hydroxylation is 2. The first-order chi connectivity index (χ1) is 16.3. The Morgan fingerprint density at radius 3 is 2.35 bits per heavy atom. The first-order valence-electron chi connectivity index (χ1n) is 11.2. The average Bonchev–Trinajstić information content (AvgIpc) is 2.83. The lowest BCUT2D eigenvalue weighted by molar-refractivity contribution is 0.407. The third kappa shape index (κ3) is 4.31. The van der Waals surface area contributed by atoms with E-state index in [0.29, 0.717) is 16.7 Å². The van der Waals surface area contributed by atoms with Gasteiger partial charge in [-0.2, -0.15) is 9.78 Å². The Kier molecular flexibility index (Phi) is 6.50. The summed E-state index contributed by atoms with van der Waals surface area (Å²) in [5, 5.41) is 5.12. The molecule has 0 amide bonds. The molecule has 1 heterocycles. The molecule has 0 saturated heterocycles. The molecule has 0 N–H and O–H groups in total. The molecule has 6 heteroatoms. The maximum atomic E-state index is 13.5. The number of ether oxygens (including phenoxy) is 2. The molecule has 1 aromatic heterocycles. The number of aromatic nitrogens is 2. The zero-order chi connectivity index (χ0) is 24.4. The lowest BCUT2D eigenvalue weighted by Gasteiger charge is -2.17. The van der Waals surface area contributed by atoms with E-state index in [4.69, 9.17) is 14.5 Å². The van der Waals surface area contributed by atoms with Crippen LogP contribution in [0, 0.1) is 13.8 Å². The fourth-order valence-corrected chi connectivity index (χ4v) is 4.08. The van der Waals surface area contributed by atoms with E-state index in [2.05, 4.69) is 25.0 Å². The van der Waals surface area contributed by atoms with Gasteiger partial charge in [0.05, 0.1) is 31.3 Å². The minimum absolute atomic E-state index is 0.219. The van der Waals surface area contributed by atoms with Crippen LogP contribution in [-0.2, 0) is 0 Å². The summed E-state index contributed by atoms with van der Waals surface area (Å²) in [5.41, 5.74) is 5.11. The largest absolute Gasteiger partial charge is 0.496 e. The van der Waals surface area contributed by atoms with Gasteiger partial charge in [-0.3, -0.25) is 4.79 Å². The van der Waals surface area contributed by atoms with Crippen molar-refractivity contribution in [2.75, 3.05) is 14.2 Å². The predicted octanol–water partition coefficient (Wildman–Crippen LogP) is 5.70. The van der Waals surface area contributed by atoms with Crippen LogP contribution in [0.3, 0.4) is 0 Å². The molecule has 0 aliphatic rings. The van der Waals surface area contributed by atoms with Gasteiger partial charge in [-0.15, -0.1) is 0 Å². The predicted molar refractivity (Wildman–Crippen MR) is 138 cm³/mol. The molecule has 0 fully saturated rings. The molecule has 0 aliphatic carbocycles. The van der Waals surface area contributed by atoms with Gasteiger partial charge in [0, 0.05) is 5.56 Å². The van der Waals surface area contributed by atoms with E-state index < -0.39 is 0 Å². The molecule has 0 radical (unpaired) electrons. The van der Waals surface area contributed by atoms with Gasteiger partial charge in [0.1, 0.15) is 11.5 Å². The number of benzene rings is 3. The smallest absolute Gasteiger partial charge is 0.282 e. The van der Waals surface area contributed by atoms with E-state index in [1.54, 1.807) is 26.5 Å². The fraction of sp³-hybridized carbons (Fsp3) is 0.250. The fourth-order valence-electron chi connectivity index (χ4n) is 4.08. The number of nitrogens with zero attached hydrogens (tertiary/aromatic N) is 3. The van der Waals surface area contributed by atoms with Gasteiger partial charge in [0.25, 0.3) is 5.56 Å². The van der Waals surface area contributed by atoms with Crippen LogP contribution >= 0.6 is 0 Å². The number of hydrogen-bond donors (Lipinski definition) is 0. The van der Waals surface area contributed by atoms with Crippen LogP contribution in [-0.4, -0.2) is 30.1 Å². The van der Waals surface area contributed by atoms with Crippen molar-refractivity contribution >= 4 is 17.1 Å². The van der Waals surface area contributed by atoms with Gasteiger partial charge in [-0.05, 0) is 84.5 Å². The lowest BCUT2D eigenvalue weighted by atomic mass is 9.96. The monoisotopic (exact) mass is 455 g/mol. The van der Waals surface area contributed by atoms with Crippen molar-refractivity contribution in [2.24, 2.45) is 5.10 Å². The second-order valence-corrected chi connectivity index (χ2v) is 8.61. The van der Waals surface area contributed by atoms with Gasteiger partial charge >= 0.3 is 0 Å². The van der Waals surface area contributed by atoms with Crippen LogP contribution in [0.5, 0.6) is 11.5 Å². The molecular weight excluding hydrogens is 426 g/mol. The summed E-state index contributed by atoms with van der Waals surface area (Å²) in [5.74, 6) is 2.36. The quantitative estimate of drug-likeness (QED) is 0.350. The zero-order valence-electron chi connectivity index (χ0n) is 20.4. The Hall–Kier alpha value is -3.93. The van der Waals surface area contributed by atoms with Crippen molar-refractivity contribution in [3.63, 3.8) is 0 Å². The molecule has 0 unspecified atom stereocenters. The van der Waals surface area contributed by atoms with Crippen molar-refractivity contribution in [3.8, 4) is 22.9 Å². The molecule has 0 spiro atoms. The Morgan fingerprint density at radius 2 is 1.68 bits per heavy atom. The summed E-state index contributed by atoms with van der Waals surface area (Å²) in [6, 6.07) is 17.2. The summed E-state index contributed by atoms with van der Waals surface area (Å²) in [4.78, 5) is 18.4. The molecule has 34 heavy (non-hydrogen) atoms. The van der Waals surface area contributed by atoms with E-state index in [1.807, 2.05) is 56.3 Å². The Morgan fingerprint density at radius 1 is 0.941 bits per heavy atom. The summed E-state index contributed by atoms with van der Waals surface area (Å²) in [6.45, 7) is 8.19. The van der Waals surface area contributed by atoms with Gasteiger partial charge < -0.3 is 9.47 Å². The van der Waals surface area contributed by atoms with Gasteiger partial charge in [-0.1, -0.05) is 26.0 Å². The van der Waals surface area contributed by atoms with Crippen LogP contribution in [0.1, 0.15) is 42.0 Å². The number of methoxy groups -OCH3 is 2. The molecule has 0 bridgehead atoms. The molecule has 0 aliphatic heterocycles. The third-order valence-corrected chi connectivity index (χ3v) is 5.93. The standard InChI is InChI=1S/C28H29N3O3/c1-17(2)22-15-23(18(3)14-26(22)34-6)27-30-24-10-8-7-9-21(24)28(32)31(27)29-16-20-11-12-25(33-5)19(4)13-20/h7-17H,1-6H3. The number of para-hydroxylation sites is 1. The van der Waals surface area contributed by atoms with Crippen LogP contribution in [0.15, 0.2) is 64.5 Å². The third-order valence-electron chi connectivity index (χ3n) is 5.93. The van der Waals surface area contributed by atoms with Crippen LogP contribution in [0.2, 0.25) is 0 Å². The highest BCUT2D eigenvalue weighted by Gasteiger charge is 2.18. The first-order valence-corrected chi connectivity index (χ1v) is 11.2. The van der Waals surface area contributed by atoms with Gasteiger partial charge in [0.15, 0.2) is 5.82 Å². The van der Waals surface area contributed by atoms with Crippen molar-refractivity contribution < 1.29 is 9.47 Å². The minimum Gasteiger partial charge on any atom is -0.496 e. The van der Waals surface area contributed by atoms with E-state index >= 15 is 0 Å². The molecule has 0 saturated carbocycles. The summed E-state index contributed by atoms with van der Waals surface area (Å²) >= 11 is 0.